The van der Waals surface area contributed by atoms with Crippen LogP contribution in [0.5, 0.6) is 11.5 Å². The largest absolute Gasteiger partial charge is 0.492 e. The molecular formula is C25H26ClN3O3. The van der Waals surface area contributed by atoms with Gasteiger partial charge in [-0.25, -0.2) is 0 Å². The van der Waals surface area contributed by atoms with Crippen LogP contribution in [-0.4, -0.2) is 49.6 Å². The second-order valence-corrected chi connectivity index (χ2v) is 8.49. The van der Waals surface area contributed by atoms with Gasteiger partial charge in [0.15, 0.2) is 0 Å². The molecule has 1 aromatic heterocycles. The molecule has 1 unspecified atom stereocenters. The molecule has 2 aromatic carbocycles. The van der Waals surface area contributed by atoms with Crippen LogP contribution < -0.4 is 14.8 Å². The van der Waals surface area contributed by atoms with Gasteiger partial charge in [-0.15, -0.1) is 0 Å². The molecule has 0 fully saturated rings. The number of aromatic nitrogens is 1. The first-order chi connectivity index (χ1) is 15.5. The van der Waals surface area contributed by atoms with Gasteiger partial charge in [-0.05, 0) is 79.7 Å². The van der Waals surface area contributed by atoms with Gasteiger partial charge in [0.2, 0.25) is 5.91 Å². The van der Waals surface area contributed by atoms with Gasteiger partial charge < -0.3 is 19.7 Å². The lowest BCUT2D eigenvalue weighted by Crippen LogP contribution is -2.32. The standard InChI is InChI=1S/C25H26ClN3O3/c1-29(2)11-12-31-24-15-18(17-7-9-27-10-8-17)3-5-22(24)28-25(30)20-13-19-14-21(26)4-6-23(19)32-16-20/h3-10,14-15,20H,11-13,16H2,1-2H3,(H,28,30). The maximum atomic E-state index is 13.1. The molecule has 6 nitrogen and oxygen atoms in total. The Morgan fingerprint density at radius 3 is 2.75 bits per heavy atom. The van der Waals surface area contributed by atoms with Gasteiger partial charge in [-0.2, -0.15) is 0 Å². The molecule has 166 valence electrons. The topological polar surface area (TPSA) is 63.7 Å². The van der Waals surface area contributed by atoms with Crippen molar-refractivity contribution < 1.29 is 14.3 Å². The SMILES string of the molecule is CN(C)CCOc1cc(-c2ccncc2)ccc1NC(=O)C1COc2ccc(Cl)cc2C1. The molecule has 0 saturated carbocycles. The van der Waals surface area contributed by atoms with Crippen molar-refractivity contribution in [3.05, 3.63) is 71.5 Å². The number of halogens is 1. The van der Waals surface area contributed by atoms with Crippen LogP contribution in [0.1, 0.15) is 5.56 Å². The fourth-order valence-corrected chi connectivity index (χ4v) is 3.77. The highest BCUT2D eigenvalue weighted by Gasteiger charge is 2.27. The first kappa shape index (κ1) is 22.1. The summed E-state index contributed by atoms with van der Waals surface area (Å²) in [6, 6.07) is 15.2. The number of hydrogen-bond acceptors (Lipinski definition) is 5. The third-order valence-electron chi connectivity index (χ3n) is 5.35. The third kappa shape index (κ3) is 5.39. The van der Waals surface area contributed by atoms with Crippen molar-refractivity contribution in [3.8, 4) is 22.6 Å². The Morgan fingerprint density at radius 2 is 1.97 bits per heavy atom. The lowest BCUT2D eigenvalue weighted by atomic mass is 9.96. The number of carbonyl (C=O) groups is 1. The summed E-state index contributed by atoms with van der Waals surface area (Å²) in [5.74, 6) is 1.00. The number of ether oxygens (including phenoxy) is 2. The van der Waals surface area contributed by atoms with Crippen molar-refractivity contribution in [2.75, 3.05) is 39.2 Å². The summed E-state index contributed by atoms with van der Waals surface area (Å²) in [4.78, 5) is 19.2. The molecule has 1 amide bonds. The average molecular weight is 452 g/mol. The minimum absolute atomic E-state index is 0.107. The van der Waals surface area contributed by atoms with E-state index in [2.05, 4.69) is 10.3 Å². The number of rotatable bonds is 7. The summed E-state index contributed by atoms with van der Waals surface area (Å²) in [6.45, 7) is 1.60. The molecule has 32 heavy (non-hydrogen) atoms. The Hall–Kier alpha value is -3.09. The van der Waals surface area contributed by atoms with E-state index in [1.54, 1.807) is 18.5 Å². The molecule has 0 aliphatic carbocycles. The number of hydrogen-bond donors (Lipinski definition) is 1. The molecule has 7 heteroatoms. The lowest BCUT2D eigenvalue weighted by molar-refractivity contribution is -0.121. The van der Waals surface area contributed by atoms with Gasteiger partial charge in [0, 0.05) is 24.0 Å². The van der Waals surface area contributed by atoms with Crippen molar-refractivity contribution in [1.82, 2.24) is 9.88 Å². The van der Waals surface area contributed by atoms with E-state index in [-0.39, 0.29) is 11.8 Å². The lowest BCUT2D eigenvalue weighted by Gasteiger charge is -2.25. The summed E-state index contributed by atoms with van der Waals surface area (Å²) in [7, 11) is 3.99. The Labute approximate surface area is 193 Å². The van der Waals surface area contributed by atoms with Gasteiger partial charge in [0.05, 0.1) is 11.6 Å². The number of fused-ring (bicyclic) bond motifs is 1. The third-order valence-corrected chi connectivity index (χ3v) is 5.58. The molecule has 1 aliphatic rings. The number of benzene rings is 2. The van der Waals surface area contributed by atoms with Crippen molar-refractivity contribution in [2.45, 2.75) is 6.42 Å². The average Bonchev–Trinajstić information content (AvgIpc) is 2.79. The Morgan fingerprint density at radius 1 is 1.16 bits per heavy atom. The van der Waals surface area contributed by atoms with E-state index < -0.39 is 0 Å². The van der Waals surface area contributed by atoms with Crippen LogP contribution in [0.25, 0.3) is 11.1 Å². The number of likely N-dealkylation sites (N-methyl/N-ethyl adjacent to an activating group) is 1. The van der Waals surface area contributed by atoms with Crippen LogP contribution in [0.3, 0.4) is 0 Å². The van der Waals surface area contributed by atoms with Crippen molar-refractivity contribution in [3.63, 3.8) is 0 Å². The molecule has 0 bridgehead atoms. The van der Waals surface area contributed by atoms with Gasteiger partial charge in [-0.3, -0.25) is 9.78 Å². The van der Waals surface area contributed by atoms with E-state index in [1.165, 1.54) is 0 Å². The minimum Gasteiger partial charge on any atom is -0.492 e. The van der Waals surface area contributed by atoms with Crippen LogP contribution >= 0.6 is 11.6 Å². The highest BCUT2D eigenvalue weighted by molar-refractivity contribution is 6.30. The fraction of sp³-hybridized carbons (Fsp3) is 0.280. The van der Waals surface area contributed by atoms with Crippen LogP contribution in [0.4, 0.5) is 5.69 Å². The van der Waals surface area contributed by atoms with Crippen LogP contribution in [-0.2, 0) is 11.2 Å². The monoisotopic (exact) mass is 451 g/mol. The van der Waals surface area contributed by atoms with Crippen molar-refractivity contribution in [1.29, 1.82) is 0 Å². The molecule has 1 aliphatic heterocycles. The van der Waals surface area contributed by atoms with Gasteiger partial charge >= 0.3 is 0 Å². The molecule has 1 atom stereocenters. The van der Waals surface area contributed by atoms with E-state index >= 15 is 0 Å². The summed E-state index contributed by atoms with van der Waals surface area (Å²) in [6.07, 6.45) is 4.09. The zero-order chi connectivity index (χ0) is 22.5. The normalized spacial score (nSPS) is 15.1. The van der Waals surface area contributed by atoms with Crippen LogP contribution in [0.15, 0.2) is 60.9 Å². The van der Waals surface area contributed by atoms with E-state index in [0.717, 1.165) is 29.0 Å². The number of nitrogens with one attached hydrogen (secondary N) is 1. The highest BCUT2D eigenvalue weighted by atomic mass is 35.5. The van der Waals surface area contributed by atoms with E-state index in [1.807, 2.05) is 61.5 Å². The number of amides is 1. The Kier molecular flexibility index (Phi) is 6.93. The van der Waals surface area contributed by atoms with Crippen LogP contribution in [0, 0.1) is 5.92 Å². The molecule has 1 N–H and O–H groups in total. The predicted molar refractivity (Wildman–Crippen MR) is 126 cm³/mol. The predicted octanol–water partition coefficient (Wildman–Crippen LogP) is 4.53. The molecule has 3 aromatic rings. The summed E-state index contributed by atoms with van der Waals surface area (Å²) in [5.41, 5.74) is 3.61. The van der Waals surface area contributed by atoms with E-state index in [9.17, 15) is 4.79 Å². The molecular weight excluding hydrogens is 426 g/mol. The van der Waals surface area contributed by atoms with Gasteiger partial charge in [-0.1, -0.05) is 17.7 Å². The molecule has 0 saturated heterocycles. The Bertz CT molecular complexity index is 1090. The molecule has 0 spiro atoms. The summed E-state index contributed by atoms with van der Waals surface area (Å²) >= 11 is 6.11. The molecule has 2 heterocycles. The zero-order valence-electron chi connectivity index (χ0n) is 18.2. The maximum Gasteiger partial charge on any atom is 0.231 e. The Balaban J connectivity index is 1.53. The minimum atomic E-state index is -0.310. The van der Waals surface area contributed by atoms with Crippen molar-refractivity contribution >= 4 is 23.2 Å². The fourth-order valence-electron chi connectivity index (χ4n) is 3.57. The smallest absolute Gasteiger partial charge is 0.231 e. The van der Waals surface area contributed by atoms with Gasteiger partial charge in [0.1, 0.15) is 24.7 Å². The molecule has 0 radical (unpaired) electrons. The maximum absolute atomic E-state index is 13.1. The van der Waals surface area contributed by atoms with Gasteiger partial charge in [0.25, 0.3) is 0 Å². The number of pyridine rings is 1. The van der Waals surface area contributed by atoms with E-state index in [4.69, 9.17) is 21.1 Å². The number of nitrogens with zero attached hydrogens (tertiary/aromatic N) is 2. The van der Waals surface area contributed by atoms with Crippen molar-refractivity contribution in [2.24, 2.45) is 5.92 Å². The van der Waals surface area contributed by atoms with E-state index in [0.29, 0.717) is 36.1 Å². The number of anilines is 1. The summed E-state index contributed by atoms with van der Waals surface area (Å²) < 4.78 is 11.8. The number of carbonyl (C=O) groups excluding carboxylic acids is 1. The first-order valence-electron chi connectivity index (χ1n) is 10.5. The zero-order valence-corrected chi connectivity index (χ0v) is 18.9. The first-order valence-corrected chi connectivity index (χ1v) is 10.9. The highest BCUT2D eigenvalue weighted by Crippen LogP contribution is 2.33. The second-order valence-electron chi connectivity index (χ2n) is 8.05. The second kappa shape index (κ2) is 10.0. The molecule has 4 rings (SSSR count). The summed E-state index contributed by atoms with van der Waals surface area (Å²) in [5, 5.41) is 3.68. The quantitative estimate of drug-likeness (QED) is 0.571. The van der Waals surface area contributed by atoms with Crippen LogP contribution in [0.2, 0.25) is 5.02 Å².